The summed E-state index contributed by atoms with van der Waals surface area (Å²) in [5, 5.41) is 3.49. The van der Waals surface area contributed by atoms with E-state index in [2.05, 4.69) is 0 Å². The molecule has 2 heterocycles. The third-order valence-electron chi connectivity index (χ3n) is 7.02. The molecule has 6 rings (SSSR count). The highest BCUT2D eigenvalue weighted by atomic mass is 19.1. The van der Waals surface area contributed by atoms with Gasteiger partial charge in [-0.2, -0.15) is 0 Å². The van der Waals surface area contributed by atoms with Crippen molar-refractivity contribution in [3.05, 3.63) is 102 Å². The van der Waals surface area contributed by atoms with E-state index < -0.39 is 17.6 Å². The number of aromatic nitrogens is 1. The minimum absolute atomic E-state index is 0.000923. The Morgan fingerprint density at radius 1 is 0.816 bits per heavy atom. The quantitative estimate of drug-likeness (QED) is 0.218. The van der Waals surface area contributed by atoms with Gasteiger partial charge >= 0.3 is 0 Å². The number of pyridine rings is 1. The number of rotatable bonds is 3. The van der Waals surface area contributed by atoms with E-state index in [1.165, 1.54) is 18.3 Å². The molecule has 0 saturated heterocycles. The first kappa shape index (κ1) is 22.0. The van der Waals surface area contributed by atoms with Crippen LogP contribution < -0.4 is 4.57 Å². The molecular weight excluding hydrogens is 476 g/mol. The number of hydrogen-bond acceptors (Lipinski definition) is 1. The summed E-state index contributed by atoms with van der Waals surface area (Å²) in [6, 6.07) is 22.1. The highest BCUT2D eigenvalue weighted by molar-refractivity contribution is 6.15. The highest BCUT2D eigenvalue weighted by Gasteiger charge is 2.26. The van der Waals surface area contributed by atoms with E-state index in [1.807, 2.05) is 61.5 Å². The molecule has 0 atom stereocenters. The summed E-state index contributed by atoms with van der Waals surface area (Å²) in [6.07, 6.45) is -0.364. The van der Waals surface area contributed by atoms with Crippen LogP contribution in [0.2, 0.25) is 0 Å². The van der Waals surface area contributed by atoms with Crippen molar-refractivity contribution in [2.24, 2.45) is 12.5 Å². The molecule has 0 unspecified atom stereocenters. The van der Waals surface area contributed by atoms with Crippen molar-refractivity contribution in [3.63, 3.8) is 0 Å². The highest BCUT2D eigenvalue weighted by Crippen LogP contribution is 2.43. The lowest BCUT2D eigenvalue weighted by molar-refractivity contribution is -0.661. The molecule has 0 saturated carbocycles. The third-order valence-corrected chi connectivity index (χ3v) is 7.02. The maximum atomic E-state index is 15.6. The average Bonchev–Trinajstić information content (AvgIpc) is 3.27. The van der Waals surface area contributed by atoms with Crippen LogP contribution in [0.1, 0.15) is 34.6 Å². The van der Waals surface area contributed by atoms with Crippen LogP contribution in [0.3, 0.4) is 0 Å². The van der Waals surface area contributed by atoms with Crippen molar-refractivity contribution < 1.29 is 20.5 Å². The topological polar surface area (TPSA) is 17.0 Å². The Labute approximate surface area is 224 Å². The van der Waals surface area contributed by atoms with Crippen LogP contribution in [-0.4, -0.2) is 0 Å². The Hall–Kier alpha value is -4.05. The molecule has 38 heavy (non-hydrogen) atoms. The van der Waals surface area contributed by atoms with Gasteiger partial charge in [0, 0.05) is 19.6 Å². The second-order valence-electron chi connectivity index (χ2n) is 11.0. The van der Waals surface area contributed by atoms with E-state index in [0.717, 1.165) is 32.7 Å². The van der Waals surface area contributed by atoms with Crippen LogP contribution in [0, 0.1) is 24.0 Å². The summed E-state index contributed by atoms with van der Waals surface area (Å²) in [6.45, 7) is 7.19. The predicted molar refractivity (Wildman–Crippen MR) is 151 cm³/mol. The molecule has 0 aliphatic heterocycles. The van der Waals surface area contributed by atoms with Gasteiger partial charge in [0.15, 0.2) is 6.20 Å². The molecule has 190 valence electrons. The van der Waals surface area contributed by atoms with Crippen molar-refractivity contribution in [2.75, 3.05) is 0 Å². The first-order valence-electron chi connectivity index (χ1n) is 13.7. The van der Waals surface area contributed by atoms with Crippen LogP contribution in [0.15, 0.2) is 83.4 Å². The molecule has 2 aromatic heterocycles. The molecule has 6 aromatic rings. The summed E-state index contributed by atoms with van der Waals surface area (Å²) >= 11 is 0. The molecule has 0 aliphatic carbocycles. The van der Waals surface area contributed by atoms with Gasteiger partial charge in [-0.05, 0) is 52.7 Å². The van der Waals surface area contributed by atoms with Gasteiger partial charge in [-0.1, -0.05) is 75.4 Å². The van der Waals surface area contributed by atoms with Gasteiger partial charge in [0.05, 0.1) is 16.7 Å². The zero-order valence-corrected chi connectivity index (χ0v) is 22.1. The Balaban J connectivity index is 1.64. The smallest absolute Gasteiger partial charge is 0.219 e. The normalized spacial score (nSPS) is 13.3. The molecule has 0 spiro atoms. The number of halogens is 2. The van der Waals surface area contributed by atoms with Crippen LogP contribution in [0.25, 0.3) is 55.1 Å². The second kappa shape index (κ2) is 8.76. The van der Waals surface area contributed by atoms with Crippen LogP contribution >= 0.6 is 0 Å². The van der Waals surface area contributed by atoms with Gasteiger partial charge < -0.3 is 4.42 Å². The Bertz CT molecular complexity index is 1960. The number of hydrogen-bond donors (Lipinski definition) is 0. The molecule has 0 aliphatic rings. The van der Waals surface area contributed by atoms with Gasteiger partial charge in [-0.15, -0.1) is 0 Å². The SMILES string of the molecule is [2H]C([2H])(c1c[n+](C)c(-c2c(C)ccc3c2oc2c(-c4cccc5ccccc45)c(F)ccc23)cc1F)C(C)(C)C. The van der Waals surface area contributed by atoms with E-state index in [1.54, 1.807) is 38.5 Å². The first-order chi connectivity index (χ1) is 18.9. The predicted octanol–water partition coefficient (Wildman–Crippen LogP) is 9.07. The zero-order chi connectivity index (χ0) is 28.6. The Morgan fingerprint density at radius 3 is 2.26 bits per heavy atom. The minimum Gasteiger partial charge on any atom is -0.454 e. The van der Waals surface area contributed by atoms with E-state index in [0.29, 0.717) is 28.0 Å². The van der Waals surface area contributed by atoms with Crippen molar-refractivity contribution in [1.82, 2.24) is 0 Å². The van der Waals surface area contributed by atoms with Crippen molar-refractivity contribution >= 4 is 32.7 Å². The average molecular weight is 509 g/mol. The molecule has 4 aromatic carbocycles. The molecule has 0 radical (unpaired) electrons. The molecule has 2 nitrogen and oxygen atoms in total. The van der Waals surface area contributed by atoms with Crippen molar-refractivity contribution in [2.45, 2.75) is 34.1 Å². The zero-order valence-electron chi connectivity index (χ0n) is 24.1. The molecule has 0 N–H and O–H groups in total. The molecule has 0 amide bonds. The van der Waals surface area contributed by atoms with Crippen LogP contribution in [-0.2, 0) is 13.4 Å². The first-order valence-corrected chi connectivity index (χ1v) is 12.7. The minimum atomic E-state index is -1.89. The number of benzene rings is 4. The summed E-state index contributed by atoms with van der Waals surface area (Å²) in [7, 11) is 1.78. The van der Waals surface area contributed by atoms with Crippen LogP contribution in [0.5, 0.6) is 0 Å². The lowest BCUT2D eigenvalue weighted by Gasteiger charge is -2.18. The number of nitrogens with zero attached hydrogens (tertiary/aromatic N) is 1. The van der Waals surface area contributed by atoms with Crippen molar-refractivity contribution in [3.8, 4) is 22.4 Å². The second-order valence-corrected chi connectivity index (χ2v) is 11.0. The van der Waals surface area contributed by atoms with Gasteiger partial charge in [-0.3, -0.25) is 0 Å². The Kier molecular flexibility index (Phi) is 5.07. The summed E-state index contributed by atoms with van der Waals surface area (Å²) < 4.78 is 56.7. The van der Waals surface area contributed by atoms with Gasteiger partial charge in [0.2, 0.25) is 5.69 Å². The lowest BCUT2D eigenvalue weighted by Crippen LogP contribution is -2.33. The van der Waals surface area contributed by atoms with E-state index in [4.69, 9.17) is 7.16 Å². The summed E-state index contributed by atoms with van der Waals surface area (Å²) in [4.78, 5) is 0. The van der Waals surface area contributed by atoms with Gasteiger partial charge in [0.25, 0.3) is 0 Å². The molecule has 0 fully saturated rings. The van der Waals surface area contributed by atoms with E-state index >= 15 is 8.78 Å². The summed E-state index contributed by atoms with van der Waals surface area (Å²) in [5.74, 6) is -1.01. The largest absolute Gasteiger partial charge is 0.454 e. The fourth-order valence-corrected chi connectivity index (χ4v) is 5.36. The maximum absolute atomic E-state index is 15.6. The van der Waals surface area contributed by atoms with Crippen LogP contribution in [0.4, 0.5) is 8.78 Å². The fraction of sp³-hybridized carbons (Fsp3) is 0.206. The standard InChI is InChI=1S/C34H30F2NO/c1-20-13-14-25-26-15-16-27(35)31(24-12-8-10-21-9-6-7-11-23(21)24)33(26)38-32(25)30(20)29-17-28(36)22(19-37(29)5)18-34(2,3)4/h6-17,19H,18H2,1-5H3/q+1/i18D2. The Morgan fingerprint density at radius 2 is 1.50 bits per heavy atom. The molecule has 0 bridgehead atoms. The number of furan rings is 1. The number of fused-ring (bicyclic) bond motifs is 4. The molecular formula is C34H30F2NO+. The van der Waals surface area contributed by atoms with E-state index in [9.17, 15) is 0 Å². The lowest BCUT2D eigenvalue weighted by atomic mass is 9.88. The fourth-order valence-electron chi connectivity index (χ4n) is 5.36. The van der Waals surface area contributed by atoms with Crippen molar-refractivity contribution in [1.29, 1.82) is 0 Å². The van der Waals surface area contributed by atoms with Gasteiger partial charge in [0.1, 0.15) is 29.8 Å². The monoisotopic (exact) mass is 508 g/mol. The number of aryl methyl sites for hydroxylation is 2. The molecule has 4 heteroatoms. The van der Waals surface area contributed by atoms with E-state index in [-0.39, 0.29) is 11.4 Å². The summed E-state index contributed by atoms with van der Waals surface area (Å²) in [5.41, 5.74) is 3.37. The van der Waals surface area contributed by atoms with Gasteiger partial charge in [-0.25, -0.2) is 13.3 Å². The maximum Gasteiger partial charge on any atom is 0.219 e. The third kappa shape index (κ3) is 3.96.